The van der Waals surface area contributed by atoms with E-state index >= 15 is 0 Å². The number of aryl methyl sites for hydroxylation is 1. The lowest BCUT2D eigenvalue weighted by atomic mass is 10.2. The van der Waals surface area contributed by atoms with Crippen molar-refractivity contribution in [2.75, 3.05) is 5.43 Å². The van der Waals surface area contributed by atoms with Crippen LogP contribution in [0.25, 0.3) is 0 Å². The van der Waals surface area contributed by atoms with E-state index in [1.807, 2.05) is 0 Å². The molecule has 0 atom stereocenters. The Morgan fingerprint density at radius 1 is 1.50 bits per heavy atom. The summed E-state index contributed by atoms with van der Waals surface area (Å²) in [5.74, 6) is 0. The summed E-state index contributed by atoms with van der Waals surface area (Å²) in [4.78, 5) is 10.1. The van der Waals surface area contributed by atoms with Gasteiger partial charge in [0.1, 0.15) is 12.1 Å². The second-order valence-corrected chi connectivity index (χ2v) is 4.03. The average molecular weight is 308 g/mol. The zero-order chi connectivity index (χ0) is 13.7. The number of hydrazone groups is 1. The fourth-order valence-electron chi connectivity index (χ4n) is 1.16. The lowest BCUT2D eigenvalue weighted by molar-refractivity contribution is -0.385. The van der Waals surface area contributed by atoms with E-state index < -0.39 is 4.92 Å². The standard InChI is InChI=1S/C10H6BrN5O2/c1-6-2-8(16(17)18)3-9(11)10(6)15-14-7(4-12)5-13/h2-3,15H,1H3. The maximum absolute atomic E-state index is 10.6. The van der Waals surface area contributed by atoms with Crippen LogP contribution in [0.15, 0.2) is 21.7 Å². The van der Waals surface area contributed by atoms with Crippen LogP contribution in [0.4, 0.5) is 11.4 Å². The summed E-state index contributed by atoms with van der Waals surface area (Å²) in [6.07, 6.45) is 0. The Balaban J connectivity index is 3.14. The molecule has 1 rings (SSSR count). The summed E-state index contributed by atoms with van der Waals surface area (Å²) < 4.78 is 0.424. The number of benzene rings is 1. The Morgan fingerprint density at radius 3 is 2.56 bits per heavy atom. The molecule has 0 aromatic heterocycles. The molecular weight excluding hydrogens is 302 g/mol. The summed E-state index contributed by atoms with van der Waals surface area (Å²) in [5.41, 5.74) is 3.16. The van der Waals surface area contributed by atoms with Gasteiger partial charge in [0.05, 0.1) is 10.6 Å². The van der Waals surface area contributed by atoms with Crippen LogP contribution in [-0.4, -0.2) is 10.6 Å². The SMILES string of the molecule is Cc1cc([N+](=O)[O-])cc(Br)c1NN=C(C#N)C#N. The maximum Gasteiger partial charge on any atom is 0.270 e. The molecule has 0 spiro atoms. The molecule has 1 aromatic rings. The van der Waals surface area contributed by atoms with Gasteiger partial charge in [-0.15, -0.1) is 0 Å². The molecule has 0 aliphatic rings. The molecule has 0 saturated carbocycles. The Hall–Kier alpha value is -2.45. The van der Waals surface area contributed by atoms with Gasteiger partial charge in [0.2, 0.25) is 5.71 Å². The van der Waals surface area contributed by atoms with Crippen molar-refractivity contribution in [2.24, 2.45) is 5.10 Å². The largest absolute Gasteiger partial charge is 0.275 e. The minimum Gasteiger partial charge on any atom is -0.275 e. The van der Waals surface area contributed by atoms with Crippen LogP contribution in [0.5, 0.6) is 0 Å². The number of hydrogen-bond acceptors (Lipinski definition) is 6. The summed E-state index contributed by atoms with van der Waals surface area (Å²) in [5, 5.41) is 31.2. The Kier molecular flexibility index (Phi) is 4.35. The molecule has 0 aliphatic heterocycles. The number of nitrogens with one attached hydrogen (secondary N) is 1. The van der Waals surface area contributed by atoms with Crippen LogP contribution in [0.1, 0.15) is 5.56 Å². The molecule has 0 radical (unpaired) electrons. The number of halogens is 1. The van der Waals surface area contributed by atoms with Crippen molar-refractivity contribution in [3.05, 3.63) is 32.3 Å². The third kappa shape index (κ3) is 3.03. The van der Waals surface area contributed by atoms with Gasteiger partial charge in [0.25, 0.3) is 5.69 Å². The highest BCUT2D eigenvalue weighted by Crippen LogP contribution is 2.31. The average Bonchev–Trinajstić information content (AvgIpc) is 2.32. The van der Waals surface area contributed by atoms with Crippen LogP contribution in [0.2, 0.25) is 0 Å². The molecule has 0 saturated heterocycles. The topological polar surface area (TPSA) is 115 Å². The van der Waals surface area contributed by atoms with Crippen molar-refractivity contribution in [2.45, 2.75) is 6.92 Å². The van der Waals surface area contributed by atoms with Crippen LogP contribution < -0.4 is 5.43 Å². The van der Waals surface area contributed by atoms with E-state index in [1.165, 1.54) is 12.1 Å². The monoisotopic (exact) mass is 307 g/mol. The van der Waals surface area contributed by atoms with Crippen LogP contribution in [-0.2, 0) is 0 Å². The second-order valence-electron chi connectivity index (χ2n) is 3.17. The van der Waals surface area contributed by atoms with Gasteiger partial charge < -0.3 is 0 Å². The van der Waals surface area contributed by atoms with Crippen molar-refractivity contribution in [1.82, 2.24) is 0 Å². The number of non-ortho nitro benzene ring substituents is 1. The molecule has 0 aliphatic carbocycles. The minimum absolute atomic E-state index is 0.0605. The molecule has 1 aromatic carbocycles. The predicted molar refractivity (Wildman–Crippen MR) is 67.8 cm³/mol. The predicted octanol–water partition coefficient (Wildman–Crippen LogP) is 2.48. The highest BCUT2D eigenvalue weighted by molar-refractivity contribution is 9.10. The van der Waals surface area contributed by atoms with Crippen molar-refractivity contribution in [3.63, 3.8) is 0 Å². The molecule has 7 nitrogen and oxygen atoms in total. The zero-order valence-corrected chi connectivity index (χ0v) is 10.7. The van der Waals surface area contributed by atoms with Gasteiger partial charge in [-0.3, -0.25) is 15.5 Å². The Bertz CT molecular complexity index is 573. The first kappa shape index (κ1) is 13.6. The zero-order valence-electron chi connectivity index (χ0n) is 9.14. The third-order valence-corrected chi connectivity index (χ3v) is 2.60. The fourth-order valence-corrected chi connectivity index (χ4v) is 1.80. The minimum atomic E-state index is -0.513. The molecule has 1 N–H and O–H groups in total. The van der Waals surface area contributed by atoms with E-state index in [1.54, 1.807) is 19.1 Å². The number of nitriles is 2. The maximum atomic E-state index is 10.6. The lowest BCUT2D eigenvalue weighted by Crippen LogP contribution is -2.00. The van der Waals surface area contributed by atoms with E-state index in [9.17, 15) is 10.1 Å². The Labute approximate surface area is 111 Å². The number of anilines is 1. The van der Waals surface area contributed by atoms with Crippen molar-refractivity contribution in [3.8, 4) is 12.1 Å². The molecule has 0 fully saturated rings. The highest BCUT2D eigenvalue weighted by Gasteiger charge is 2.12. The molecule has 0 unspecified atom stereocenters. The van der Waals surface area contributed by atoms with Crippen LogP contribution in [0, 0.1) is 39.7 Å². The van der Waals surface area contributed by atoms with E-state index in [2.05, 4.69) is 26.5 Å². The number of hydrogen-bond donors (Lipinski definition) is 1. The Morgan fingerprint density at radius 2 is 2.11 bits per heavy atom. The van der Waals surface area contributed by atoms with Crippen LogP contribution >= 0.6 is 15.9 Å². The first-order valence-corrected chi connectivity index (χ1v) is 5.37. The second kappa shape index (κ2) is 5.75. The van der Waals surface area contributed by atoms with Gasteiger partial charge in [-0.05, 0) is 28.4 Å². The van der Waals surface area contributed by atoms with Crippen molar-refractivity contribution < 1.29 is 4.92 Å². The van der Waals surface area contributed by atoms with E-state index in [-0.39, 0.29) is 11.4 Å². The van der Waals surface area contributed by atoms with Gasteiger partial charge >= 0.3 is 0 Å². The quantitative estimate of drug-likeness (QED) is 0.523. The first-order chi connectivity index (χ1) is 8.49. The summed E-state index contributed by atoms with van der Waals surface area (Å²) >= 11 is 3.16. The lowest BCUT2D eigenvalue weighted by Gasteiger charge is -2.07. The molecule has 0 amide bonds. The molecule has 0 heterocycles. The van der Waals surface area contributed by atoms with Crippen molar-refractivity contribution in [1.29, 1.82) is 10.5 Å². The summed E-state index contributed by atoms with van der Waals surface area (Å²) in [6, 6.07) is 5.86. The van der Waals surface area contributed by atoms with Gasteiger partial charge in [-0.25, -0.2) is 0 Å². The first-order valence-electron chi connectivity index (χ1n) is 4.58. The van der Waals surface area contributed by atoms with Gasteiger partial charge in [0, 0.05) is 16.6 Å². The third-order valence-electron chi connectivity index (χ3n) is 1.97. The summed E-state index contributed by atoms with van der Waals surface area (Å²) in [6.45, 7) is 1.65. The van der Waals surface area contributed by atoms with Gasteiger partial charge in [0.15, 0.2) is 0 Å². The highest BCUT2D eigenvalue weighted by atomic mass is 79.9. The van der Waals surface area contributed by atoms with Crippen LogP contribution in [0.3, 0.4) is 0 Å². The number of rotatable bonds is 3. The normalized spacial score (nSPS) is 8.89. The van der Waals surface area contributed by atoms with E-state index in [4.69, 9.17) is 10.5 Å². The molecule has 18 heavy (non-hydrogen) atoms. The number of nitro benzene ring substituents is 1. The number of nitrogens with zero attached hydrogens (tertiary/aromatic N) is 4. The summed E-state index contributed by atoms with van der Waals surface area (Å²) in [7, 11) is 0. The van der Waals surface area contributed by atoms with Crippen molar-refractivity contribution >= 4 is 33.0 Å². The van der Waals surface area contributed by atoms with E-state index in [0.717, 1.165) is 0 Å². The van der Waals surface area contributed by atoms with Gasteiger partial charge in [-0.2, -0.15) is 15.6 Å². The molecule has 8 heteroatoms. The number of nitro groups is 1. The fraction of sp³-hybridized carbons (Fsp3) is 0.100. The molecular formula is C10H6BrN5O2. The smallest absolute Gasteiger partial charge is 0.270 e. The van der Waals surface area contributed by atoms with Gasteiger partial charge in [-0.1, -0.05) is 0 Å². The molecule has 90 valence electrons. The van der Waals surface area contributed by atoms with E-state index in [0.29, 0.717) is 15.7 Å². The molecule has 0 bridgehead atoms.